The first kappa shape index (κ1) is 13.0. The van der Waals surface area contributed by atoms with E-state index in [9.17, 15) is 13.6 Å². The third kappa shape index (κ3) is 3.26. The summed E-state index contributed by atoms with van der Waals surface area (Å²) in [6.45, 7) is 0. The van der Waals surface area contributed by atoms with E-state index in [0.29, 0.717) is 0 Å². The number of rotatable bonds is 3. The van der Waals surface area contributed by atoms with Gasteiger partial charge in [0.15, 0.2) is 0 Å². The number of carbonyl (C=O) groups is 1. The highest BCUT2D eigenvalue weighted by Crippen LogP contribution is 2.17. The fraction of sp³-hybridized carbons (Fsp3) is 0.462. The van der Waals surface area contributed by atoms with Crippen LogP contribution >= 0.6 is 0 Å². The lowest BCUT2D eigenvalue weighted by Gasteiger charge is -2.12. The fourth-order valence-electron chi connectivity index (χ4n) is 2.26. The first-order valence-corrected chi connectivity index (χ1v) is 6.03. The maximum absolute atomic E-state index is 13.3. The van der Waals surface area contributed by atoms with E-state index in [4.69, 9.17) is 5.73 Å². The number of carbonyl (C=O) groups excluding carboxylic acids is 1. The summed E-state index contributed by atoms with van der Waals surface area (Å²) < 4.78 is 26.0. The van der Waals surface area contributed by atoms with Crippen molar-refractivity contribution in [2.75, 3.05) is 0 Å². The van der Waals surface area contributed by atoms with Crippen molar-refractivity contribution in [3.63, 3.8) is 0 Å². The van der Waals surface area contributed by atoms with Crippen LogP contribution in [0.5, 0.6) is 0 Å². The lowest BCUT2D eigenvalue weighted by molar-refractivity contribution is -0.121. The molecule has 1 saturated carbocycles. The molecule has 2 rings (SSSR count). The molecule has 18 heavy (non-hydrogen) atoms. The van der Waals surface area contributed by atoms with E-state index in [2.05, 4.69) is 5.32 Å². The molecule has 98 valence electrons. The van der Waals surface area contributed by atoms with Gasteiger partial charge in [0.05, 0.1) is 6.42 Å². The Kier molecular flexibility index (Phi) is 3.91. The molecule has 1 aliphatic rings. The van der Waals surface area contributed by atoms with Crippen LogP contribution in [0, 0.1) is 11.6 Å². The minimum Gasteiger partial charge on any atom is -0.353 e. The molecular formula is C13H16F2N2O. The monoisotopic (exact) mass is 254 g/mol. The summed E-state index contributed by atoms with van der Waals surface area (Å²) in [5.74, 6) is -1.58. The van der Waals surface area contributed by atoms with Crippen molar-refractivity contribution < 1.29 is 13.6 Å². The van der Waals surface area contributed by atoms with Crippen molar-refractivity contribution in [3.8, 4) is 0 Å². The minimum absolute atomic E-state index is 0.0716. The van der Waals surface area contributed by atoms with Crippen molar-refractivity contribution in [1.82, 2.24) is 5.32 Å². The Bertz CT molecular complexity index is 451. The van der Waals surface area contributed by atoms with Crippen molar-refractivity contribution in [2.24, 2.45) is 5.73 Å². The number of hydrogen-bond donors (Lipinski definition) is 2. The maximum atomic E-state index is 13.3. The van der Waals surface area contributed by atoms with Crippen LogP contribution in [0.2, 0.25) is 0 Å². The Morgan fingerprint density at radius 2 is 2.17 bits per heavy atom. The van der Waals surface area contributed by atoms with E-state index < -0.39 is 11.6 Å². The minimum atomic E-state index is -0.687. The topological polar surface area (TPSA) is 55.1 Å². The van der Waals surface area contributed by atoms with E-state index in [1.54, 1.807) is 0 Å². The molecule has 5 heteroatoms. The highest BCUT2D eigenvalue weighted by molar-refractivity contribution is 5.78. The highest BCUT2D eigenvalue weighted by atomic mass is 19.1. The molecule has 2 atom stereocenters. The number of benzene rings is 1. The van der Waals surface area contributed by atoms with Crippen molar-refractivity contribution in [3.05, 3.63) is 35.4 Å². The van der Waals surface area contributed by atoms with Crippen molar-refractivity contribution >= 4 is 5.91 Å². The molecule has 0 heterocycles. The molecule has 0 aliphatic heterocycles. The van der Waals surface area contributed by atoms with E-state index in [1.807, 2.05) is 0 Å². The van der Waals surface area contributed by atoms with Crippen LogP contribution in [-0.4, -0.2) is 18.0 Å². The number of halogens is 2. The molecule has 2 unspecified atom stereocenters. The molecule has 0 saturated heterocycles. The van der Waals surface area contributed by atoms with Gasteiger partial charge in [-0.25, -0.2) is 8.78 Å². The third-order valence-electron chi connectivity index (χ3n) is 3.20. The number of amides is 1. The normalized spacial score (nSPS) is 23.1. The smallest absolute Gasteiger partial charge is 0.224 e. The zero-order valence-electron chi connectivity index (χ0n) is 9.96. The average Bonchev–Trinajstić information content (AvgIpc) is 2.68. The van der Waals surface area contributed by atoms with Gasteiger partial charge in [-0.2, -0.15) is 0 Å². The van der Waals surface area contributed by atoms with Gasteiger partial charge in [0.2, 0.25) is 5.91 Å². The Morgan fingerprint density at radius 3 is 2.78 bits per heavy atom. The van der Waals surface area contributed by atoms with E-state index in [-0.39, 0.29) is 30.0 Å². The van der Waals surface area contributed by atoms with Gasteiger partial charge in [-0.3, -0.25) is 4.79 Å². The van der Waals surface area contributed by atoms with Gasteiger partial charge in [0.25, 0.3) is 0 Å². The molecular weight excluding hydrogens is 238 g/mol. The summed E-state index contributed by atoms with van der Waals surface area (Å²) in [6, 6.07) is 3.45. The zero-order valence-corrected chi connectivity index (χ0v) is 9.96. The average molecular weight is 254 g/mol. The van der Waals surface area contributed by atoms with E-state index in [0.717, 1.165) is 31.4 Å². The fourth-order valence-corrected chi connectivity index (χ4v) is 2.26. The number of nitrogens with two attached hydrogens (primary N) is 1. The Hall–Kier alpha value is -1.49. The molecule has 0 spiro atoms. The van der Waals surface area contributed by atoms with Crippen LogP contribution < -0.4 is 11.1 Å². The summed E-state index contributed by atoms with van der Waals surface area (Å²) in [6.07, 6.45) is 2.45. The van der Waals surface area contributed by atoms with Crippen molar-refractivity contribution in [1.29, 1.82) is 0 Å². The Balaban J connectivity index is 1.91. The van der Waals surface area contributed by atoms with Gasteiger partial charge < -0.3 is 11.1 Å². The highest BCUT2D eigenvalue weighted by Gasteiger charge is 2.23. The molecule has 0 bridgehead atoms. The Morgan fingerprint density at radius 1 is 1.39 bits per heavy atom. The predicted octanol–water partition coefficient (Wildman–Crippen LogP) is 1.50. The quantitative estimate of drug-likeness (QED) is 0.859. The summed E-state index contributed by atoms with van der Waals surface area (Å²) in [4.78, 5) is 11.7. The number of hydrogen-bond acceptors (Lipinski definition) is 2. The molecule has 1 amide bonds. The van der Waals surface area contributed by atoms with Gasteiger partial charge >= 0.3 is 0 Å². The molecule has 3 N–H and O–H groups in total. The lowest BCUT2D eigenvalue weighted by atomic mass is 10.1. The summed E-state index contributed by atoms with van der Waals surface area (Å²) >= 11 is 0. The second kappa shape index (κ2) is 5.44. The first-order valence-electron chi connectivity index (χ1n) is 6.03. The maximum Gasteiger partial charge on any atom is 0.224 e. The molecule has 1 aromatic rings. The second-order valence-electron chi connectivity index (χ2n) is 4.75. The largest absolute Gasteiger partial charge is 0.353 e. The first-order chi connectivity index (χ1) is 8.54. The van der Waals surface area contributed by atoms with Crippen LogP contribution in [0.15, 0.2) is 18.2 Å². The van der Waals surface area contributed by atoms with Gasteiger partial charge in [0.1, 0.15) is 11.6 Å². The zero-order chi connectivity index (χ0) is 13.1. The van der Waals surface area contributed by atoms with Crippen LogP contribution in [0.3, 0.4) is 0 Å². The summed E-state index contributed by atoms with van der Waals surface area (Å²) in [5.41, 5.74) is 5.95. The molecule has 1 fully saturated rings. The number of nitrogens with one attached hydrogen (secondary N) is 1. The van der Waals surface area contributed by atoms with Crippen LogP contribution in [0.1, 0.15) is 24.8 Å². The Labute approximate surface area is 104 Å². The lowest BCUT2D eigenvalue weighted by Crippen LogP contribution is -2.35. The van der Waals surface area contributed by atoms with E-state index in [1.165, 1.54) is 6.07 Å². The summed E-state index contributed by atoms with van der Waals surface area (Å²) in [5, 5.41) is 2.82. The van der Waals surface area contributed by atoms with Crippen molar-refractivity contribution in [2.45, 2.75) is 37.8 Å². The molecule has 1 aliphatic carbocycles. The van der Waals surface area contributed by atoms with Crippen LogP contribution in [0.25, 0.3) is 0 Å². The molecule has 1 aromatic carbocycles. The van der Waals surface area contributed by atoms with Gasteiger partial charge in [-0.15, -0.1) is 0 Å². The van der Waals surface area contributed by atoms with Crippen LogP contribution in [-0.2, 0) is 11.2 Å². The second-order valence-corrected chi connectivity index (χ2v) is 4.75. The van der Waals surface area contributed by atoms with Gasteiger partial charge in [0, 0.05) is 18.2 Å². The summed E-state index contributed by atoms with van der Waals surface area (Å²) in [7, 11) is 0. The van der Waals surface area contributed by atoms with Crippen LogP contribution in [0.4, 0.5) is 8.78 Å². The SMILES string of the molecule is NC1CCC(NC(=O)Cc2ccc(F)cc2F)C1. The third-order valence-corrected chi connectivity index (χ3v) is 3.20. The standard InChI is InChI=1S/C13H16F2N2O/c14-9-2-1-8(12(15)6-9)5-13(18)17-11-4-3-10(16)7-11/h1-2,6,10-11H,3-5,7,16H2,(H,17,18). The molecule has 0 aromatic heterocycles. The van der Waals surface area contributed by atoms with E-state index >= 15 is 0 Å². The van der Waals surface area contributed by atoms with Gasteiger partial charge in [-0.05, 0) is 30.9 Å². The molecule has 3 nitrogen and oxygen atoms in total. The predicted molar refractivity (Wildman–Crippen MR) is 63.8 cm³/mol. The molecule has 0 radical (unpaired) electrons. The van der Waals surface area contributed by atoms with Gasteiger partial charge in [-0.1, -0.05) is 6.07 Å².